The molecule has 0 aromatic carbocycles. The number of cyclic esters (lactones) is 2. The van der Waals surface area contributed by atoms with Crippen LogP contribution >= 0.6 is 0 Å². The molecule has 0 aliphatic carbocycles. The monoisotopic (exact) mass is 210 g/mol. The van der Waals surface area contributed by atoms with Gasteiger partial charge in [0.2, 0.25) is 0 Å². The first-order valence-corrected chi connectivity index (χ1v) is 4.55. The van der Waals surface area contributed by atoms with Gasteiger partial charge in [-0.3, -0.25) is 0 Å². The van der Waals surface area contributed by atoms with Crippen molar-refractivity contribution in [1.29, 1.82) is 0 Å². The van der Waals surface area contributed by atoms with E-state index >= 15 is 0 Å². The largest absolute Gasteiger partial charge is 0.462 e. The van der Waals surface area contributed by atoms with E-state index in [-0.39, 0.29) is 5.97 Å². The summed E-state index contributed by atoms with van der Waals surface area (Å²) in [5.74, 6) is -1.94. The molecule has 0 amide bonds. The zero-order valence-corrected chi connectivity index (χ0v) is 8.19. The summed E-state index contributed by atoms with van der Waals surface area (Å²) >= 11 is 0. The molecular formula is C10H10O5. The van der Waals surface area contributed by atoms with Gasteiger partial charge in [-0.05, 0) is 0 Å². The molecule has 1 atom stereocenters. The predicted molar refractivity (Wildman–Crippen MR) is 48.4 cm³/mol. The lowest BCUT2D eigenvalue weighted by molar-refractivity contribution is -0.174. The quantitative estimate of drug-likeness (QED) is 0.380. The Labute approximate surface area is 86.3 Å². The predicted octanol–water partition coefficient (Wildman–Crippen LogP) is 0.663. The highest BCUT2D eigenvalue weighted by molar-refractivity contribution is 5.90. The van der Waals surface area contributed by atoms with Crippen LogP contribution < -0.4 is 0 Å². The third kappa shape index (κ3) is 2.01. The molecule has 0 bridgehead atoms. The number of carbonyl (C=O) groups is 2. The van der Waals surface area contributed by atoms with E-state index in [2.05, 4.69) is 0 Å². The fourth-order valence-electron chi connectivity index (χ4n) is 1.29. The van der Waals surface area contributed by atoms with E-state index in [1.807, 2.05) is 0 Å². The summed E-state index contributed by atoms with van der Waals surface area (Å²) in [6.45, 7) is 1.96. The van der Waals surface area contributed by atoms with E-state index in [1.165, 1.54) is 18.4 Å². The Hall–Kier alpha value is -1.78. The van der Waals surface area contributed by atoms with Crippen molar-refractivity contribution in [2.24, 2.45) is 0 Å². The van der Waals surface area contributed by atoms with Crippen molar-refractivity contribution < 1.29 is 23.8 Å². The molecule has 5 nitrogen and oxygen atoms in total. The molecule has 2 aliphatic rings. The molecule has 0 spiro atoms. The van der Waals surface area contributed by atoms with Gasteiger partial charge in [-0.15, -0.1) is 0 Å². The van der Waals surface area contributed by atoms with Crippen LogP contribution in [0.3, 0.4) is 0 Å². The lowest BCUT2D eigenvalue weighted by Crippen LogP contribution is -2.25. The molecule has 15 heavy (non-hydrogen) atoms. The van der Waals surface area contributed by atoms with Gasteiger partial charge < -0.3 is 14.2 Å². The fraction of sp³-hybridized carbons (Fsp3) is 0.400. The summed E-state index contributed by atoms with van der Waals surface area (Å²) in [4.78, 5) is 21.9. The van der Waals surface area contributed by atoms with E-state index < -0.39 is 11.8 Å². The summed E-state index contributed by atoms with van der Waals surface area (Å²) in [6, 6.07) is 0. The molecular weight excluding hydrogens is 200 g/mol. The molecule has 1 saturated heterocycles. The molecule has 0 aromatic rings. The molecule has 0 radical (unpaired) electrons. The van der Waals surface area contributed by atoms with Crippen LogP contribution in [0.5, 0.6) is 0 Å². The lowest BCUT2D eigenvalue weighted by Gasteiger charge is -2.20. The van der Waals surface area contributed by atoms with Gasteiger partial charge in [0.15, 0.2) is 0 Å². The number of hydrogen-bond donors (Lipinski definition) is 0. The third-order valence-corrected chi connectivity index (χ3v) is 2.13. The van der Waals surface area contributed by atoms with Gasteiger partial charge in [0.05, 0.1) is 18.4 Å². The maximum absolute atomic E-state index is 11.1. The van der Waals surface area contributed by atoms with Crippen LogP contribution in [0, 0.1) is 0 Å². The Bertz CT molecular complexity index is 368. The minimum absolute atomic E-state index is 0.375. The zero-order chi connectivity index (χ0) is 10.9. The molecule has 1 unspecified atom stereocenters. The van der Waals surface area contributed by atoms with Gasteiger partial charge in [0.1, 0.15) is 0 Å². The van der Waals surface area contributed by atoms with Crippen LogP contribution in [-0.2, 0) is 23.8 Å². The average Bonchev–Trinajstić information content (AvgIpc) is 2.71. The highest BCUT2D eigenvalue weighted by Crippen LogP contribution is 2.23. The molecule has 2 heterocycles. The van der Waals surface area contributed by atoms with Crippen LogP contribution in [0.15, 0.2) is 24.0 Å². The maximum Gasteiger partial charge on any atom is 0.337 e. The summed E-state index contributed by atoms with van der Waals surface area (Å²) in [5.41, 5.74) is 0.451. The highest BCUT2D eigenvalue weighted by Gasteiger charge is 2.32. The van der Waals surface area contributed by atoms with Crippen LogP contribution in [0.2, 0.25) is 0 Å². The Morgan fingerprint density at radius 1 is 1.53 bits per heavy atom. The molecule has 1 fully saturated rings. The van der Waals surface area contributed by atoms with E-state index in [0.29, 0.717) is 18.6 Å². The number of esters is 2. The minimum Gasteiger partial charge on any atom is -0.462 e. The van der Waals surface area contributed by atoms with Gasteiger partial charge >= 0.3 is 11.9 Å². The highest BCUT2D eigenvalue weighted by atomic mass is 16.7. The first-order valence-electron chi connectivity index (χ1n) is 4.55. The number of ether oxygens (including phenoxy) is 3. The van der Waals surface area contributed by atoms with Crippen molar-refractivity contribution in [3.8, 4) is 0 Å². The second kappa shape index (κ2) is 3.42. The van der Waals surface area contributed by atoms with Crippen LogP contribution in [0.1, 0.15) is 13.3 Å². The fourth-order valence-corrected chi connectivity index (χ4v) is 1.29. The summed E-state index contributed by atoms with van der Waals surface area (Å²) in [7, 11) is 0. The minimum atomic E-state index is -1.10. The molecule has 5 heteroatoms. The Kier molecular flexibility index (Phi) is 2.22. The Morgan fingerprint density at radius 2 is 2.33 bits per heavy atom. The van der Waals surface area contributed by atoms with Gasteiger partial charge in [-0.2, -0.15) is 0 Å². The van der Waals surface area contributed by atoms with E-state index in [1.54, 1.807) is 6.92 Å². The molecule has 0 saturated carbocycles. The Morgan fingerprint density at radius 3 is 2.87 bits per heavy atom. The molecule has 80 valence electrons. The topological polar surface area (TPSA) is 61.8 Å². The SMILES string of the molecule is CC1(OC=C2CCOC2=O)C=CC(=O)O1. The smallest absolute Gasteiger partial charge is 0.337 e. The van der Waals surface area contributed by atoms with Gasteiger partial charge in [-0.1, -0.05) is 0 Å². The summed E-state index contributed by atoms with van der Waals surface area (Å²) in [5, 5.41) is 0. The first kappa shape index (κ1) is 9.76. The van der Waals surface area contributed by atoms with Gasteiger partial charge in [-0.25, -0.2) is 9.59 Å². The Balaban J connectivity index is 2.01. The van der Waals surface area contributed by atoms with E-state index in [0.717, 1.165) is 0 Å². The normalized spacial score (nSPS) is 31.9. The van der Waals surface area contributed by atoms with E-state index in [4.69, 9.17) is 14.2 Å². The van der Waals surface area contributed by atoms with Crippen molar-refractivity contribution in [3.05, 3.63) is 24.0 Å². The van der Waals surface area contributed by atoms with Crippen molar-refractivity contribution in [2.75, 3.05) is 6.61 Å². The number of rotatable bonds is 2. The number of hydrogen-bond acceptors (Lipinski definition) is 5. The van der Waals surface area contributed by atoms with Gasteiger partial charge in [0, 0.05) is 25.5 Å². The molecule has 0 aromatic heterocycles. The van der Waals surface area contributed by atoms with Crippen molar-refractivity contribution in [2.45, 2.75) is 19.1 Å². The van der Waals surface area contributed by atoms with E-state index in [9.17, 15) is 9.59 Å². The summed E-state index contributed by atoms with van der Waals surface area (Å²) in [6.07, 6.45) is 4.59. The zero-order valence-electron chi connectivity index (χ0n) is 8.19. The second-order valence-corrected chi connectivity index (χ2v) is 3.42. The lowest BCUT2D eigenvalue weighted by atomic mass is 10.2. The third-order valence-electron chi connectivity index (χ3n) is 2.13. The van der Waals surface area contributed by atoms with Crippen molar-refractivity contribution in [3.63, 3.8) is 0 Å². The van der Waals surface area contributed by atoms with Crippen molar-refractivity contribution in [1.82, 2.24) is 0 Å². The van der Waals surface area contributed by atoms with Gasteiger partial charge in [0.25, 0.3) is 5.79 Å². The number of carbonyl (C=O) groups excluding carboxylic acids is 2. The molecule has 2 rings (SSSR count). The van der Waals surface area contributed by atoms with Crippen LogP contribution in [-0.4, -0.2) is 24.3 Å². The standard InChI is InChI=1S/C10H10O5/c1-10(4-2-8(11)15-10)14-6-7-3-5-13-9(7)12/h2,4,6H,3,5H2,1H3. The van der Waals surface area contributed by atoms with Crippen LogP contribution in [0.25, 0.3) is 0 Å². The maximum atomic E-state index is 11.1. The molecule has 0 N–H and O–H groups in total. The first-order chi connectivity index (χ1) is 7.09. The summed E-state index contributed by atoms with van der Waals surface area (Å²) < 4.78 is 14.8. The van der Waals surface area contributed by atoms with Crippen LogP contribution in [0.4, 0.5) is 0 Å². The van der Waals surface area contributed by atoms with Crippen molar-refractivity contribution >= 4 is 11.9 Å². The second-order valence-electron chi connectivity index (χ2n) is 3.42. The average molecular weight is 210 g/mol. The molecule has 2 aliphatic heterocycles.